The molecule has 0 atom stereocenters. The van der Waals surface area contributed by atoms with Crippen molar-refractivity contribution in [3.05, 3.63) is 60.4 Å². The number of aromatic nitrogens is 1. The normalized spacial score (nSPS) is 10.8. The van der Waals surface area contributed by atoms with E-state index in [0.717, 1.165) is 26.2 Å². The fourth-order valence-corrected chi connectivity index (χ4v) is 2.38. The van der Waals surface area contributed by atoms with Gasteiger partial charge in [-0.3, -0.25) is 9.69 Å². The second kappa shape index (κ2) is 9.05. The summed E-state index contributed by atoms with van der Waals surface area (Å²) in [6.45, 7) is 6.37. The minimum atomic E-state index is 0.115. The summed E-state index contributed by atoms with van der Waals surface area (Å²) in [4.78, 5) is 14.2. The zero-order chi connectivity index (χ0) is 15.6. The minimum absolute atomic E-state index is 0.115. The summed E-state index contributed by atoms with van der Waals surface area (Å²) in [5.41, 5.74) is 1.31. The largest absolute Gasteiger partial charge is 0.355 e. The van der Waals surface area contributed by atoms with E-state index >= 15 is 0 Å². The highest BCUT2D eigenvalue weighted by molar-refractivity contribution is 5.75. The van der Waals surface area contributed by atoms with Crippen molar-refractivity contribution in [2.24, 2.45) is 0 Å². The molecule has 1 aromatic carbocycles. The van der Waals surface area contributed by atoms with Gasteiger partial charge in [-0.2, -0.15) is 0 Å². The van der Waals surface area contributed by atoms with Crippen LogP contribution >= 0.6 is 0 Å². The number of aryl methyl sites for hydroxylation is 1. The van der Waals surface area contributed by atoms with Gasteiger partial charge in [0.1, 0.15) is 0 Å². The molecule has 2 aromatic rings. The topological polar surface area (TPSA) is 37.3 Å². The van der Waals surface area contributed by atoms with Crippen LogP contribution in [0.4, 0.5) is 0 Å². The van der Waals surface area contributed by atoms with Gasteiger partial charge in [0.15, 0.2) is 0 Å². The van der Waals surface area contributed by atoms with Crippen molar-refractivity contribution in [3.63, 3.8) is 0 Å². The summed E-state index contributed by atoms with van der Waals surface area (Å²) in [5, 5.41) is 3.00. The van der Waals surface area contributed by atoms with E-state index in [9.17, 15) is 4.79 Å². The van der Waals surface area contributed by atoms with Gasteiger partial charge in [0, 0.05) is 45.0 Å². The summed E-state index contributed by atoms with van der Waals surface area (Å²) in [6.07, 6.45) is 4.48. The summed E-state index contributed by atoms with van der Waals surface area (Å²) in [7, 11) is 0. The van der Waals surface area contributed by atoms with Crippen LogP contribution in [0.2, 0.25) is 0 Å². The van der Waals surface area contributed by atoms with Gasteiger partial charge in [0.2, 0.25) is 5.91 Å². The highest BCUT2D eigenvalue weighted by atomic mass is 16.1. The van der Waals surface area contributed by atoms with Gasteiger partial charge in [0.05, 0.1) is 0 Å². The summed E-state index contributed by atoms with van der Waals surface area (Å²) in [6, 6.07) is 14.4. The highest BCUT2D eigenvalue weighted by Gasteiger charge is 2.05. The maximum atomic E-state index is 11.8. The quantitative estimate of drug-likeness (QED) is 0.772. The Hall–Kier alpha value is -2.07. The molecule has 0 saturated carbocycles. The van der Waals surface area contributed by atoms with Crippen molar-refractivity contribution in [1.82, 2.24) is 14.8 Å². The lowest BCUT2D eigenvalue weighted by Gasteiger charge is -2.20. The van der Waals surface area contributed by atoms with E-state index in [0.29, 0.717) is 13.0 Å². The number of likely N-dealkylation sites (N-methyl/N-ethyl adjacent to an activating group) is 1. The molecule has 118 valence electrons. The standard InChI is InChI=1S/C18H25N3O/c1-2-20(16-17-8-4-3-5-9-17)15-11-19-18(22)10-14-21-12-6-7-13-21/h3-9,12-13H,2,10-11,14-16H2,1H3,(H,19,22). The number of nitrogens with zero attached hydrogens (tertiary/aromatic N) is 2. The Balaban J connectivity index is 1.64. The van der Waals surface area contributed by atoms with Crippen molar-refractivity contribution < 1.29 is 4.79 Å². The van der Waals surface area contributed by atoms with Crippen LogP contribution in [-0.4, -0.2) is 35.0 Å². The number of amides is 1. The molecular weight excluding hydrogens is 274 g/mol. The maximum Gasteiger partial charge on any atom is 0.221 e. The average Bonchev–Trinajstić information content (AvgIpc) is 3.06. The van der Waals surface area contributed by atoms with Crippen molar-refractivity contribution in [2.75, 3.05) is 19.6 Å². The highest BCUT2D eigenvalue weighted by Crippen LogP contribution is 2.03. The van der Waals surface area contributed by atoms with E-state index in [2.05, 4.69) is 41.4 Å². The number of benzene rings is 1. The molecule has 0 spiro atoms. The van der Waals surface area contributed by atoms with Gasteiger partial charge in [-0.1, -0.05) is 37.3 Å². The Morgan fingerprint density at radius 1 is 1.14 bits per heavy atom. The molecule has 0 bridgehead atoms. The first-order chi connectivity index (χ1) is 10.8. The predicted molar refractivity (Wildman–Crippen MR) is 89.5 cm³/mol. The molecule has 1 amide bonds. The average molecular weight is 299 g/mol. The molecule has 1 aromatic heterocycles. The molecule has 1 heterocycles. The SMILES string of the molecule is CCN(CCNC(=O)CCn1cccc1)Cc1ccccc1. The summed E-state index contributed by atoms with van der Waals surface area (Å²) in [5.74, 6) is 0.115. The molecule has 4 heteroatoms. The number of hydrogen-bond donors (Lipinski definition) is 1. The minimum Gasteiger partial charge on any atom is -0.355 e. The molecule has 0 radical (unpaired) electrons. The van der Waals surface area contributed by atoms with Gasteiger partial charge in [-0.25, -0.2) is 0 Å². The number of carbonyl (C=O) groups excluding carboxylic acids is 1. The molecule has 0 saturated heterocycles. The van der Waals surface area contributed by atoms with Crippen molar-refractivity contribution in [2.45, 2.75) is 26.4 Å². The number of hydrogen-bond acceptors (Lipinski definition) is 2. The van der Waals surface area contributed by atoms with Crippen molar-refractivity contribution in [1.29, 1.82) is 0 Å². The lowest BCUT2D eigenvalue weighted by Crippen LogP contribution is -2.34. The van der Waals surface area contributed by atoms with Gasteiger partial charge in [-0.15, -0.1) is 0 Å². The van der Waals surface area contributed by atoms with E-state index in [1.165, 1.54) is 5.56 Å². The Morgan fingerprint density at radius 3 is 2.55 bits per heavy atom. The Bertz CT molecular complexity index is 537. The van der Waals surface area contributed by atoms with E-state index in [1.54, 1.807) is 0 Å². The first-order valence-electron chi connectivity index (χ1n) is 7.91. The van der Waals surface area contributed by atoms with Gasteiger partial charge >= 0.3 is 0 Å². The molecule has 0 aliphatic carbocycles. The molecular formula is C18H25N3O. The van der Waals surface area contributed by atoms with Gasteiger partial charge < -0.3 is 9.88 Å². The van der Waals surface area contributed by atoms with Crippen LogP contribution in [-0.2, 0) is 17.9 Å². The molecule has 0 fully saturated rings. The molecule has 0 aliphatic heterocycles. The second-order valence-corrected chi connectivity index (χ2v) is 5.38. The lowest BCUT2D eigenvalue weighted by molar-refractivity contribution is -0.121. The zero-order valence-electron chi connectivity index (χ0n) is 13.2. The molecule has 0 unspecified atom stereocenters. The molecule has 4 nitrogen and oxygen atoms in total. The Kier molecular flexibility index (Phi) is 6.71. The van der Waals surface area contributed by atoms with Crippen molar-refractivity contribution >= 4 is 5.91 Å². The monoisotopic (exact) mass is 299 g/mol. The molecule has 22 heavy (non-hydrogen) atoms. The summed E-state index contributed by atoms with van der Waals surface area (Å²) >= 11 is 0. The van der Waals surface area contributed by atoms with Crippen LogP contribution < -0.4 is 5.32 Å². The van der Waals surface area contributed by atoms with Crippen LogP contribution in [0.15, 0.2) is 54.9 Å². The lowest BCUT2D eigenvalue weighted by atomic mass is 10.2. The summed E-state index contributed by atoms with van der Waals surface area (Å²) < 4.78 is 2.02. The zero-order valence-corrected chi connectivity index (χ0v) is 13.2. The van der Waals surface area contributed by atoms with Gasteiger partial charge in [0.25, 0.3) is 0 Å². The molecule has 1 N–H and O–H groups in total. The predicted octanol–water partition coefficient (Wildman–Crippen LogP) is 2.52. The number of carbonyl (C=O) groups is 1. The van der Waals surface area contributed by atoms with Crippen LogP contribution in [0.5, 0.6) is 0 Å². The maximum absolute atomic E-state index is 11.8. The second-order valence-electron chi connectivity index (χ2n) is 5.38. The number of rotatable bonds is 9. The molecule has 2 rings (SSSR count). The van der Waals surface area contributed by atoms with Crippen LogP contribution in [0.3, 0.4) is 0 Å². The third-order valence-electron chi connectivity index (χ3n) is 3.71. The van der Waals surface area contributed by atoms with Crippen LogP contribution in [0.1, 0.15) is 18.9 Å². The van der Waals surface area contributed by atoms with Crippen LogP contribution in [0, 0.1) is 0 Å². The van der Waals surface area contributed by atoms with E-state index in [4.69, 9.17) is 0 Å². The first kappa shape index (κ1) is 16.3. The molecule has 0 aliphatic rings. The first-order valence-corrected chi connectivity index (χ1v) is 7.91. The van der Waals surface area contributed by atoms with E-state index < -0.39 is 0 Å². The smallest absolute Gasteiger partial charge is 0.221 e. The van der Waals surface area contributed by atoms with E-state index in [1.807, 2.05) is 35.2 Å². The Morgan fingerprint density at radius 2 is 1.86 bits per heavy atom. The third-order valence-corrected chi connectivity index (χ3v) is 3.71. The van der Waals surface area contributed by atoms with Gasteiger partial charge in [-0.05, 0) is 24.2 Å². The third kappa shape index (κ3) is 5.74. The van der Waals surface area contributed by atoms with Crippen molar-refractivity contribution in [3.8, 4) is 0 Å². The van der Waals surface area contributed by atoms with E-state index in [-0.39, 0.29) is 5.91 Å². The Labute approximate surface area is 132 Å². The fourth-order valence-electron chi connectivity index (χ4n) is 2.38. The fraction of sp³-hybridized carbons (Fsp3) is 0.389. The van der Waals surface area contributed by atoms with Crippen LogP contribution in [0.25, 0.3) is 0 Å². The number of nitrogens with one attached hydrogen (secondary N) is 1.